The van der Waals surface area contributed by atoms with E-state index in [4.69, 9.17) is 4.74 Å². The Balaban J connectivity index is 1.29. The predicted molar refractivity (Wildman–Crippen MR) is 128 cm³/mol. The van der Waals surface area contributed by atoms with Gasteiger partial charge in [-0.25, -0.2) is 4.79 Å². The Labute approximate surface area is 199 Å². The van der Waals surface area contributed by atoms with Crippen LogP contribution in [0.1, 0.15) is 62.5 Å². The highest BCUT2D eigenvalue weighted by Crippen LogP contribution is 2.44. The first-order chi connectivity index (χ1) is 16.4. The molecule has 0 spiro atoms. The fourth-order valence-electron chi connectivity index (χ4n) is 5.19. The Morgan fingerprint density at radius 3 is 2.18 bits per heavy atom. The monoisotopic (exact) mass is 464 g/mol. The number of carbonyl (C=O) groups excluding carboxylic acids is 2. The summed E-state index contributed by atoms with van der Waals surface area (Å²) in [6, 6.07) is 15.9. The number of amides is 2. The maximum atomic E-state index is 12.5. The summed E-state index contributed by atoms with van der Waals surface area (Å²) >= 11 is 0. The van der Waals surface area contributed by atoms with Crippen LogP contribution in [-0.2, 0) is 14.3 Å². The number of hydrogen-bond acceptors (Lipinski definition) is 4. The first kappa shape index (κ1) is 23.8. The smallest absolute Gasteiger partial charge is 0.407 e. The van der Waals surface area contributed by atoms with Crippen molar-refractivity contribution in [3.8, 4) is 11.1 Å². The summed E-state index contributed by atoms with van der Waals surface area (Å²) in [5, 5.41) is 15.1. The van der Waals surface area contributed by atoms with E-state index >= 15 is 0 Å². The van der Waals surface area contributed by atoms with Crippen LogP contribution < -0.4 is 10.6 Å². The zero-order valence-corrected chi connectivity index (χ0v) is 19.5. The van der Waals surface area contributed by atoms with Gasteiger partial charge in [-0.1, -0.05) is 68.3 Å². The lowest BCUT2D eigenvalue weighted by Crippen LogP contribution is -2.44. The van der Waals surface area contributed by atoms with E-state index in [1.54, 1.807) is 0 Å². The molecule has 0 saturated heterocycles. The molecule has 2 aromatic carbocycles. The van der Waals surface area contributed by atoms with Crippen LogP contribution in [0, 0.1) is 5.41 Å². The highest BCUT2D eigenvalue weighted by molar-refractivity contribution is 5.81. The minimum atomic E-state index is -0.863. The molecule has 2 aromatic rings. The fraction of sp³-hybridized carbons (Fsp3) is 0.444. The van der Waals surface area contributed by atoms with Crippen LogP contribution in [-0.4, -0.2) is 42.3 Å². The third kappa shape index (κ3) is 4.93. The normalized spacial score (nSPS) is 16.9. The molecule has 0 bridgehead atoms. The molecular formula is C27H32N2O5. The van der Waals surface area contributed by atoms with Crippen molar-refractivity contribution in [2.24, 2.45) is 5.41 Å². The third-order valence-corrected chi connectivity index (χ3v) is 7.23. The maximum Gasteiger partial charge on any atom is 0.407 e. The highest BCUT2D eigenvalue weighted by atomic mass is 16.5. The molecule has 1 atom stereocenters. The Kier molecular flexibility index (Phi) is 7.20. The number of rotatable bonds is 9. The Hall–Kier alpha value is -3.35. The van der Waals surface area contributed by atoms with E-state index in [1.165, 1.54) is 0 Å². The first-order valence-corrected chi connectivity index (χ1v) is 12.0. The molecule has 1 fully saturated rings. The third-order valence-electron chi connectivity index (χ3n) is 7.23. The summed E-state index contributed by atoms with van der Waals surface area (Å²) in [7, 11) is 0. The van der Waals surface area contributed by atoms with Crippen molar-refractivity contribution >= 4 is 18.0 Å². The molecule has 0 heterocycles. The van der Waals surface area contributed by atoms with Crippen molar-refractivity contribution < 1.29 is 24.2 Å². The van der Waals surface area contributed by atoms with Gasteiger partial charge < -0.3 is 20.5 Å². The number of nitrogens with one attached hydrogen (secondary N) is 2. The van der Waals surface area contributed by atoms with Gasteiger partial charge in [-0.05, 0) is 41.5 Å². The Morgan fingerprint density at radius 2 is 1.62 bits per heavy atom. The molecule has 0 radical (unpaired) electrons. The van der Waals surface area contributed by atoms with Crippen LogP contribution in [0.5, 0.6) is 0 Å². The molecule has 180 valence electrons. The summed E-state index contributed by atoms with van der Waals surface area (Å²) in [4.78, 5) is 36.7. The molecule has 0 aromatic heterocycles. The number of carboxylic acids is 1. The van der Waals surface area contributed by atoms with Crippen molar-refractivity contribution in [1.29, 1.82) is 0 Å². The second-order valence-corrected chi connectivity index (χ2v) is 9.35. The molecular weight excluding hydrogens is 432 g/mol. The van der Waals surface area contributed by atoms with Crippen LogP contribution >= 0.6 is 0 Å². The van der Waals surface area contributed by atoms with Crippen molar-refractivity contribution in [3.63, 3.8) is 0 Å². The minimum absolute atomic E-state index is 0.0276. The van der Waals surface area contributed by atoms with Crippen LogP contribution in [0.25, 0.3) is 11.1 Å². The largest absolute Gasteiger partial charge is 0.481 e. The Bertz CT molecular complexity index is 1010. The lowest BCUT2D eigenvalue weighted by atomic mass is 9.86. The van der Waals surface area contributed by atoms with Gasteiger partial charge in [0.25, 0.3) is 0 Å². The van der Waals surface area contributed by atoms with Gasteiger partial charge in [0.05, 0.1) is 5.41 Å². The van der Waals surface area contributed by atoms with Gasteiger partial charge in [-0.15, -0.1) is 0 Å². The average Bonchev–Trinajstić information content (AvgIpc) is 3.45. The zero-order valence-electron chi connectivity index (χ0n) is 19.5. The average molecular weight is 465 g/mol. The molecule has 7 heteroatoms. The van der Waals surface area contributed by atoms with Gasteiger partial charge in [0.2, 0.25) is 5.91 Å². The first-order valence-electron chi connectivity index (χ1n) is 12.0. The zero-order chi connectivity index (χ0) is 24.1. The molecule has 7 nitrogen and oxygen atoms in total. The lowest BCUT2D eigenvalue weighted by molar-refractivity contribution is -0.148. The number of aliphatic carboxylic acids is 1. The number of ether oxygens (including phenoxy) is 1. The van der Waals surface area contributed by atoms with Crippen molar-refractivity contribution in [2.75, 3.05) is 13.2 Å². The van der Waals surface area contributed by atoms with E-state index in [0.717, 1.165) is 35.1 Å². The standard InChI is InChI=1S/C27H32N2O5/c1-2-18(15-24(30)28-17-27(25(31)32)13-7-8-14-27)29-26(33)34-16-23-21-11-5-3-9-19(21)20-10-4-6-12-22(20)23/h3-6,9-12,18,23H,2,7-8,13-17H2,1H3,(H,28,30)(H,29,33)(H,31,32)/t18-/m0/s1. The molecule has 3 N–H and O–H groups in total. The van der Waals surface area contributed by atoms with E-state index in [-0.39, 0.29) is 37.4 Å². The summed E-state index contributed by atoms with van der Waals surface area (Å²) in [5.74, 6) is -1.15. The van der Waals surface area contributed by atoms with E-state index in [2.05, 4.69) is 34.9 Å². The number of carbonyl (C=O) groups is 3. The predicted octanol–water partition coefficient (Wildman–Crippen LogP) is 4.46. The van der Waals surface area contributed by atoms with Gasteiger partial charge >= 0.3 is 12.1 Å². The quantitative estimate of drug-likeness (QED) is 0.508. The summed E-state index contributed by atoms with van der Waals surface area (Å²) in [6.07, 6.45) is 2.97. The molecule has 34 heavy (non-hydrogen) atoms. The molecule has 1 saturated carbocycles. The van der Waals surface area contributed by atoms with Gasteiger partial charge in [0.1, 0.15) is 6.61 Å². The van der Waals surface area contributed by atoms with Crippen molar-refractivity contribution in [3.05, 3.63) is 59.7 Å². The summed E-state index contributed by atoms with van der Waals surface area (Å²) in [5.41, 5.74) is 3.75. The minimum Gasteiger partial charge on any atom is -0.481 e. The van der Waals surface area contributed by atoms with E-state index in [1.807, 2.05) is 31.2 Å². The van der Waals surface area contributed by atoms with Gasteiger partial charge in [0, 0.05) is 24.9 Å². The molecule has 0 aliphatic heterocycles. The number of alkyl carbamates (subject to hydrolysis) is 1. The van der Waals surface area contributed by atoms with E-state index in [9.17, 15) is 19.5 Å². The number of hydrogen-bond donors (Lipinski definition) is 3. The molecule has 0 unspecified atom stereocenters. The van der Waals surface area contributed by atoms with Crippen LogP contribution in [0.15, 0.2) is 48.5 Å². The molecule has 2 amide bonds. The summed E-state index contributed by atoms with van der Waals surface area (Å²) < 4.78 is 5.58. The van der Waals surface area contributed by atoms with Crippen LogP contribution in [0.4, 0.5) is 4.79 Å². The molecule has 4 rings (SSSR count). The second-order valence-electron chi connectivity index (χ2n) is 9.35. The summed E-state index contributed by atoms with van der Waals surface area (Å²) in [6.45, 7) is 2.23. The Morgan fingerprint density at radius 1 is 1.03 bits per heavy atom. The maximum absolute atomic E-state index is 12.5. The topological polar surface area (TPSA) is 105 Å². The van der Waals surface area contributed by atoms with Crippen molar-refractivity contribution in [1.82, 2.24) is 10.6 Å². The second kappa shape index (κ2) is 10.3. The van der Waals surface area contributed by atoms with Crippen LogP contribution in [0.3, 0.4) is 0 Å². The SMILES string of the molecule is CC[C@@H](CC(=O)NCC1(C(=O)O)CCCC1)NC(=O)OCC1c2ccccc2-c2ccccc21. The van der Waals surface area contributed by atoms with Gasteiger partial charge in [-0.3, -0.25) is 9.59 Å². The number of fused-ring (bicyclic) bond motifs is 3. The fourth-order valence-corrected chi connectivity index (χ4v) is 5.19. The number of benzene rings is 2. The molecule has 2 aliphatic rings. The van der Waals surface area contributed by atoms with Crippen LogP contribution in [0.2, 0.25) is 0 Å². The van der Waals surface area contributed by atoms with E-state index in [0.29, 0.717) is 19.3 Å². The highest BCUT2D eigenvalue weighted by Gasteiger charge is 2.41. The van der Waals surface area contributed by atoms with E-state index < -0.39 is 17.5 Å². The molecule has 2 aliphatic carbocycles. The van der Waals surface area contributed by atoms with Crippen molar-refractivity contribution in [2.45, 2.75) is 57.4 Å². The van der Waals surface area contributed by atoms with Gasteiger partial charge in [0.15, 0.2) is 0 Å². The number of carboxylic acid groups (broad SMARTS) is 1. The van der Waals surface area contributed by atoms with Gasteiger partial charge in [-0.2, -0.15) is 0 Å². The lowest BCUT2D eigenvalue weighted by Gasteiger charge is -2.24.